The molecule has 2 aliphatic rings. The minimum atomic E-state index is 0.0518. The van der Waals surface area contributed by atoms with Crippen molar-refractivity contribution in [2.24, 2.45) is 5.41 Å². The van der Waals surface area contributed by atoms with Crippen LogP contribution >= 0.6 is 0 Å². The number of allylic oxidation sites excluding steroid dienone is 2. The third kappa shape index (κ3) is 1.53. The van der Waals surface area contributed by atoms with Crippen LogP contribution in [0.4, 0.5) is 0 Å². The zero-order chi connectivity index (χ0) is 10.0. The molecule has 0 aliphatic heterocycles. The van der Waals surface area contributed by atoms with Gasteiger partial charge in [0.2, 0.25) is 0 Å². The smallest absolute Gasteiger partial charge is 0.164 e. The molecule has 1 heteroatoms. The lowest BCUT2D eigenvalue weighted by atomic mass is 9.76. The van der Waals surface area contributed by atoms with Crippen LogP contribution in [-0.4, -0.2) is 5.78 Å². The van der Waals surface area contributed by atoms with Gasteiger partial charge in [-0.05, 0) is 44.1 Å². The Morgan fingerprint density at radius 2 is 2.07 bits per heavy atom. The summed E-state index contributed by atoms with van der Waals surface area (Å²) in [4.78, 5) is 12.3. The maximum absolute atomic E-state index is 12.3. The van der Waals surface area contributed by atoms with E-state index in [4.69, 9.17) is 0 Å². The molecule has 0 amide bonds. The van der Waals surface area contributed by atoms with Crippen molar-refractivity contribution in [3.05, 3.63) is 11.6 Å². The summed E-state index contributed by atoms with van der Waals surface area (Å²) in [5, 5.41) is 0. The second-order valence-electron chi connectivity index (χ2n) is 4.79. The summed E-state index contributed by atoms with van der Waals surface area (Å²) in [6, 6.07) is 0. The SMILES string of the molecule is CCC1(C(=O)C2=CCCC2)CCCC1. The van der Waals surface area contributed by atoms with Gasteiger partial charge >= 0.3 is 0 Å². The summed E-state index contributed by atoms with van der Waals surface area (Å²) >= 11 is 0. The number of carbonyl (C=O) groups excluding carboxylic acids is 1. The highest BCUT2D eigenvalue weighted by Gasteiger charge is 2.40. The van der Waals surface area contributed by atoms with Crippen LogP contribution in [0.3, 0.4) is 0 Å². The van der Waals surface area contributed by atoms with E-state index < -0.39 is 0 Å². The summed E-state index contributed by atoms with van der Waals surface area (Å²) in [6.45, 7) is 2.18. The van der Waals surface area contributed by atoms with Crippen LogP contribution in [-0.2, 0) is 4.79 Å². The maximum Gasteiger partial charge on any atom is 0.164 e. The summed E-state index contributed by atoms with van der Waals surface area (Å²) in [5.41, 5.74) is 1.20. The molecule has 2 rings (SSSR count). The first-order valence-electron chi connectivity index (χ1n) is 6.02. The van der Waals surface area contributed by atoms with Crippen molar-refractivity contribution >= 4 is 5.78 Å². The monoisotopic (exact) mass is 192 g/mol. The first-order valence-corrected chi connectivity index (χ1v) is 6.02. The molecule has 0 spiro atoms. The van der Waals surface area contributed by atoms with Crippen molar-refractivity contribution in [1.29, 1.82) is 0 Å². The van der Waals surface area contributed by atoms with Gasteiger partial charge in [0.1, 0.15) is 0 Å². The zero-order valence-electron chi connectivity index (χ0n) is 9.14. The average molecular weight is 192 g/mol. The summed E-state index contributed by atoms with van der Waals surface area (Å²) in [7, 11) is 0. The molecule has 0 saturated heterocycles. The van der Waals surface area contributed by atoms with Gasteiger partial charge in [-0.3, -0.25) is 4.79 Å². The van der Waals surface area contributed by atoms with Gasteiger partial charge in [0, 0.05) is 5.41 Å². The van der Waals surface area contributed by atoms with Gasteiger partial charge in [-0.25, -0.2) is 0 Å². The number of Topliss-reactive ketones (excluding diaryl/α,β-unsaturated/α-hetero) is 1. The molecule has 14 heavy (non-hydrogen) atoms. The highest BCUT2D eigenvalue weighted by atomic mass is 16.1. The first kappa shape index (κ1) is 9.95. The van der Waals surface area contributed by atoms with Gasteiger partial charge in [0.15, 0.2) is 5.78 Å². The topological polar surface area (TPSA) is 17.1 Å². The van der Waals surface area contributed by atoms with Crippen LogP contribution in [0.15, 0.2) is 11.6 Å². The average Bonchev–Trinajstić information content (AvgIpc) is 2.89. The maximum atomic E-state index is 12.3. The van der Waals surface area contributed by atoms with Crippen LogP contribution in [0.1, 0.15) is 58.3 Å². The largest absolute Gasteiger partial charge is 0.294 e. The fraction of sp³-hybridized carbons (Fsp3) is 0.769. The summed E-state index contributed by atoms with van der Waals surface area (Å²) < 4.78 is 0. The lowest BCUT2D eigenvalue weighted by Gasteiger charge is -2.26. The van der Waals surface area contributed by atoms with Crippen molar-refractivity contribution in [2.75, 3.05) is 0 Å². The van der Waals surface area contributed by atoms with Crippen LogP contribution in [0.25, 0.3) is 0 Å². The Kier molecular flexibility index (Phi) is 2.76. The lowest BCUT2D eigenvalue weighted by Crippen LogP contribution is -2.28. The highest BCUT2D eigenvalue weighted by Crippen LogP contribution is 2.44. The van der Waals surface area contributed by atoms with E-state index in [-0.39, 0.29) is 5.41 Å². The molecule has 0 N–H and O–H groups in total. The zero-order valence-corrected chi connectivity index (χ0v) is 9.14. The normalized spacial score (nSPS) is 25.1. The minimum Gasteiger partial charge on any atom is -0.294 e. The molecule has 0 atom stereocenters. The molecular formula is C13H20O. The molecule has 78 valence electrons. The minimum absolute atomic E-state index is 0.0518. The van der Waals surface area contributed by atoms with Gasteiger partial charge in [0.05, 0.1) is 0 Å². The van der Waals surface area contributed by atoms with Crippen LogP contribution in [0.5, 0.6) is 0 Å². The Balaban J connectivity index is 2.15. The number of hydrogen-bond acceptors (Lipinski definition) is 1. The second kappa shape index (κ2) is 3.88. The standard InChI is InChI=1S/C13H20O/c1-2-13(9-5-6-10-13)12(14)11-7-3-4-8-11/h7H,2-6,8-10H2,1H3. The Labute approximate surface area is 86.6 Å². The lowest BCUT2D eigenvalue weighted by molar-refractivity contribution is -0.124. The van der Waals surface area contributed by atoms with E-state index in [2.05, 4.69) is 13.0 Å². The molecular weight excluding hydrogens is 172 g/mol. The molecule has 1 fully saturated rings. The molecule has 0 heterocycles. The summed E-state index contributed by atoms with van der Waals surface area (Å²) in [6.07, 6.45) is 11.4. The van der Waals surface area contributed by atoms with Gasteiger partial charge in [0.25, 0.3) is 0 Å². The summed E-state index contributed by atoms with van der Waals surface area (Å²) in [5.74, 6) is 0.495. The molecule has 0 aromatic heterocycles. The predicted molar refractivity (Wildman–Crippen MR) is 58.1 cm³/mol. The molecule has 0 bridgehead atoms. The van der Waals surface area contributed by atoms with Crippen LogP contribution < -0.4 is 0 Å². The van der Waals surface area contributed by atoms with E-state index in [1.165, 1.54) is 19.3 Å². The van der Waals surface area contributed by atoms with Crippen molar-refractivity contribution in [3.63, 3.8) is 0 Å². The van der Waals surface area contributed by atoms with E-state index >= 15 is 0 Å². The van der Waals surface area contributed by atoms with Gasteiger partial charge in [-0.1, -0.05) is 25.8 Å². The quantitative estimate of drug-likeness (QED) is 0.667. The molecule has 0 unspecified atom stereocenters. The van der Waals surface area contributed by atoms with E-state index in [0.29, 0.717) is 5.78 Å². The first-order chi connectivity index (χ1) is 6.78. The van der Waals surface area contributed by atoms with Gasteiger partial charge < -0.3 is 0 Å². The van der Waals surface area contributed by atoms with Crippen molar-refractivity contribution < 1.29 is 4.79 Å². The molecule has 1 saturated carbocycles. The molecule has 1 nitrogen and oxygen atoms in total. The van der Waals surface area contributed by atoms with Crippen molar-refractivity contribution in [2.45, 2.75) is 58.3 Å². The van der Waals surface area contributed by atoms with Crippen LogP contribution in [0, 0.1) is 5.41 Å². The van der Waals surface area contributed by atoms with Crippen molar-refractivity contribution in [1.82, 2.24) is 0 Å². The third-order valence-electron chi connectivity index (χ3n) is 4.05. The second-order valence-corrected chi connectivity index (χ2v) is 4.79. The predicted octanol–water partition coefficient (Wildman–Crippen LogP) is 3.64. The number of hydrogen-bond donors (Lipinski definition) is 0. The van der Waals surface area contributed by atoms with E-state index in [1.54, 1.807) is 0 Å². The fourth-order valence-electron chi connectivity index (χ4n) is 3.01. The Morgan fingerprint density at radius 3 is 2.57 bits per heavy atom. The van der Waals surface area contributed by atoms with Gasteiger partial charge in [-0.15, -0.1) is 0 Å². The van der Waals surface area contributed by atoms with Crippen molar-refractivity contribution in [3.8, 4) is 0 Å². The molecule has 0 aromatic rings. The molecule has 0 aromatic carbocycles. The Hall–Kier alpha value is -0.590. The number of carbonyl (C=O) groups is 1. The fourth-order valence-corrected chi connectivity index (χ4v) is 3.01. The third-order valence-corrected chi connectivity index (χ3v) is 4.05. The Bertz CT molecular complexity index is 256. The van der Waals surface area contributed by atoms with E-state index in [9.17, 15) is 4.79 Å². The highest BCUT2D eigenvalue weighted by molar-refractivity contribution is 6.00. The van der Waals surface area contributed by atoms with Gasteiger partial charge in [-0.2, -0.15) is 0 Å². The molecule has 2 aliphatic carbocycles. The van der Waals surface area contributed by atoms with Crippen LogP contribution in [0.2, 0.25) is 0 Å². The number of ketones is 1. The van der Waals surface area contributed by atoms with E-state index in [1.807, 2.05) is 0 Å². The molecule has 0 radical (unpaired) electrons. The number of rotatable bonds is 3. The Morgan fingerprint density at radius 1 is 1.36 bits per heavy atom. The van der Waals surface area contributed by atoms with E-state index in [0.717, 1.165) is 37.7 Å².